The van der Waals surface area contributed by atoms with Gasteiger partial charge in [-0.25, -0.2) is 0 Å². The number of ether oxygens (including phenoxy) is 2. The molecule has 92 valence electrons. The van der Waals surface area contributed by atoms with E-state index in [0.717, 1.165) is 6.42 Å². The third-order valence-corrected chi connectivity index (χ3v) is 2.17. The second kappa shape index (κ2) is 6.68. The Bertz CT molecular complexity index is 372. The van der Waals surface area contributed by atoms with Gasteiger partial charge in [-0.15, -0.1) is 0 Å². The molecule has 0 aliphatic heterocycles. The second-order valence-corrected chi connectivity index (χ2v) is 3.67. The lowest BCUT2D eigenvalue weighted by atomic mass is 10.3. The summed E-state index contributed by atoms with van der Waals surface area (Å²) >= 11 is 0. The number of carbonyl (C=O) groups excluding carboxylic acids is 2. The van der Waals surface area contributed by atoms with Crippen LogP contribution >= 0.6 is 0 Å². The molecule has 0 aliphatic carbocycles. The SMILES string of the molecule is CCC(C)OC(=O)CC(=O)Oc1ccccc1. The molecular formula is C13H16O4. The van der Waals surface area contributed by atoms with E-state index in [1.165, 1.54) is 0 Å². The summed E-state index contributed by atoms with van der Waals surface area (Å²) in [5, 5.41) is 0. The lowest BCUT2D eigenvalue weighted by molar-refractivity contribution is -0.153. The highest BCUT2D eigenvalue weighted by Gasteiger charge is 2.14. The zero-order valence-electron chi connectivity index (χ0n) is 10.0. The van der Waals surface area contributed by atoms with E-state index in [2.05, 4.69) is 0 Å². The lowest BCUT2D eigenvalue weighted by Gasteiger charge is -2.10. The van der Waals surface area contributed by atoms with Gasteiger partial charge in [0.2, 0.25) is 0 Å². The minimum absolute atomic E-state index is 0.174. The molecule has 0 aliphatic rings. The zero-order valence-corrected chi connectivity index (χ0v) is 10.0. The van der Waals surface area contributed by atoms with Crippen molar-refractivity contribution < 1.29 is 19.1 Å². The van der Waals surface area contributed by atoms with Crippen LogP contribution in [0.2, 0.25) is 0 Å². The smallest absolute Gasteiger partial charge is 0.322 e. The molecule has 0 saturated heterocycles. The van der Waals surface area contributed by atoms with Crippen LogP contribution in [0.25, 0.3) is 0 Å². The fraction of sp³-hybridized carbons (Fsp3) is 0.385. The highest BCUT2D eigenvalue weighted by molar-refractivity contribution is 5.92. The van der Waals surface area contributed by atoms with Crippen molar-refractivity contribution in [3.05, 3.63) is 30.3 Å². The maximum Gasteiger partial charge on any atom is 0.322 e. The molecule has 1 atom stereocenters. The zero-order chi connectivity index (χ0) is 12.7. The number of para-hydroxylation sites is 1. The molecule has 0 radical (unpaired) electrons. The molecule has 1 aromatic rings. The minimum atomic E-state index is -0.607. The van der Waals surface area contributed by atoms with E-state index < -0.39 is 11.9 Å². The largest absolute Gasteiger partial charge is 0.462 e. The van der Waals surface area contributed by atoms with Gasteiger partial charge >= 0.3 is 11.9 Å². The number of rotatable bonds is 5. The van der Waals surface area contributed by atoms with Crippen molar-refractivity contribution in [3.63, 3.8) is 0 Å². The maximum absolute atomic E-state index is 11.4. The van der Waals surface area contributed by atoms with Crippen molar-refractivity contribution in [3.8, 4) is 5.75 Å². The fourth-order valence-electron chi connectivity index (χ4n) is 1.12. The highest BCUT2D eigenvalue weighted by Crippen LogP contribution is 2.09. The van der Waals surface area contributed by atoms with Gasteiger partial charge in [0.05, 0.1) is 6.10 Å². The van der Waals surface area contributed by atoms with Crippen LogP contribution in [0.15, 0.2) is 30.3 Å². The van der Waals surface area contributed by atoms with E-state index in [0.29, 0.717) is 5.75 Å². The van der Waals surface area contributed by atoms with Gasteiger partial charge in [0.25, 0.3) is 0 Å². The molecule has 0 fully saturated rings. The van der Waals surface area contributed by atoms with Crippen LogP contribution in [0, 0.1) is 0 Å². The van der Waals surface area contributed by atoms with E-state index in [4.69, 9.17) is 9.47 Å². The Kier molecular flexibility index (Phi) is 5.20. The van der Waals surface area contributed by atoms with Gasteiger partial charge in [-0.3, -0.25) is 9.59 Å². The summed E-state index contributed by atoms with van der Waals surface area (Å²) in [7, 11) is 0. The van der Waals surface area contributed by atoms with Gasteiger partial charge in [0.1, 0.15) is 12.2 Å². The van der Waals surface area contributed by atoms with E-state index >= 15 is 0 Å². The number of esters is 2. The summed E-state index contributed by atoms with van der Waals surface area (Å²) in [6.07, 6.45) is 0.186. The van der Waals surface area contributed by atoms with E-state index in [1.807, 2.05) is 13.0 Å². The average molecular weight is 236 g/mol. The first-order valence-electron chi connectivity index (χ1n) is 5.57. The predicted molar refractivity (Wildman–Crippen MR) is 62.5 cm³/mol. The molecule has 4 heteroatoms. The number of hydrogen-bond donors (Lipinski definition) is 0. The summed E-state index contributed by atoms with van der Waals surface area (Å²) < 4.78 is 9.93. The van der Waals surface area contributed by atoms with Crippen LogP contribution in [0.5, 0.6) is 5.75 Å². The van der Waals surface area contributed by atoms with E-state index in [9.17, 15) is 9.59 Å². The Morgan fingerprint density at radius 3 is 2.41 bits per heavy atom. The van der Waals surface area contributed by atoms with Crippen LogP contribution in [0.3, 0.4) is 0 Å². The summed E-state index contributed by atoms with van der Waals surface area (Å²) in [5.41, 5.74) is 0. The Morgan fingerprint density at radius 1 is 1.18 bits per heavy atom. The Balaban J connectivity index is 2.37. The molecule has 1 rings (SSSR count). The van der Waals surface area contributed by atoms with Crippen LogP contribution in [-0.4, -0.2) is 18.0 Å². The average Bonchev–Trinajstić information content (AvgIpc) is 2.29. The quantitative estimate of drug-likeness (QED) is 0.447. The third-order valence-electron chi connectivity index (χ3n) is 2.17. The van der Waals surface area contributed by atoms with Gasteiger partial charge in [0.15, 0.2) is 0 Å². The van der Waals surface area contributed by atoms with Crippen molar-refractivity contribution in [2.45, 2.75) is 32.8 Å². The number of hydrogen-bond acceptors (Lipinski definition) is 4. The first-order chi connectivity index (χ1) is 8.11. The molecular weight excluding hydrogens is 220 g/mol. The van der Waals surface area contributed by atoms with Gasteiger partial charge in [0, 0.05) is 0 Å². The Morgan fingerprint density at radius 2 is 1.82 bits per heavy atom. The Labute approximate surface area is 101 Å². The third kappa shape index (κ3) is 5.15. The summed E-state index contributed by atoms with van der Waals surface area (Å²) in [6.45, 7) is 3.68. The van der Waals surface area contributed by atoms with E-state index in [-0.39, 0.29) is 12.5 Å². The molecule has 0 aromatic heterocycles. The normalized spacial score (nSPS) is 11.6. The van der Waals surface area contributed by atoms with Gasteiger partial charge in [-0.05, 0) is 25.5 Å². The monoisotopic (exact) mass is 236 g/mol. The van der Waals surface area contributed by atoms with Crippen molar-refractivity contribution in [2.24, 2.45) is 0 Å². The predicted octanol–water partition coefficient (Wildman–Crippen LogP) is 2.32. The molecule has 0 heterocycles. The van der Waals surface area contributed by atoms with Crippen LogP contribution in [0.4, 0.5) is 0 Å². The summed E-state index contributed by atoms with van der Waals surface area (Å²) in [4.78, 5) is 22.7. The van der Waals surface area contributed by atoms with Crippen LogP contribution < -0.4 is 4.74 Å². The highest BCUT2D eigenvalue weighted by atomic mass is 16.6. The van der Waals surface area contributed by atoms with Gasteiger partial charge < -0.3 is 9.47 Å². The molecule has 0 saturated carbocycles. The molecule has 17 heavy (non-hydrogen) atoms. The second-order valence-electron chi connectivity index (χ2n) is 3.67. The maximum atomic E-state index is 11.4. The standard InChI is InChI=1S/C13H16O4/c1-3-10(2)16-12(14)9-13(15)17-11-7-5-4-6-8-11/h4-8,10H,3,9H2,1-2H3. The Hall–Kier alpha value is -1.84. The molecule has 0 bridgehead atoms. The number of benzene rings is 1. The molecule has 1 unspecified atom stereocenters. The molecule has 0 spiro atoms. The summed E-state index contributed by atoms with van der Waals surface area (Å²) in [6, 6.07) is 8.62. The van der Waals surface area contributed by atoms with E-state index in [1.54, 1.807) is 31.2 Å². The molecule has 0 N–H and O–H groups in total. The topological polar surface area (TPSA) is 52.6 Å². The summed E-state index contributed by atoms with van der Waals surface area (Å²) in [5.74, 6) is -0.737. The molecule has 4 nitrogen and oxygen atoms in total. The van der Waals surface area contributed by atoms with Crippen molar-refractivity contribution >= 4 is 11.9 Å². The minimum Gasteiger partial charge on any atom is -0.462 e. The van der Waals surface area contributed by atoms with Crippen molar-refractivity contribution in [2.75, 3.05) is 0 Å². The van der Waals surface area contributed by atoms with Crippen molar-refractivity contribution in [1.29, 1.82) is 0 Å². The first kappa shape index (κ1) is 13.2. The molecule has 0 amide bonds. The van der Waals surface area contributed by atoms with Gasteiger partial charge in [-0.1, -0.05) is 25.1 Å². The van der Waals surface area contributed by atoms with Crippen LogP contribution in [-0.2, 0) is 14.3 Å². The first-order valence-corrected chi connectivity index (χ1v) is 5.57. The van der Waals surface area contributed by atoms with Gasteiger partial charge in [-0.2, -0.15) is 0 Å². The lowest BCUT2D eigenvalue weighted by Crippen LogP contribution is -2.19. The molecule has 1 aromatic carbocycles. The number of carbonyl (C=O) groups is 2. The fourth-order valence-corrected chi connectivity index (χ4v) is 1.12. The van der Waals surface area contributed by atoms with Crippen LogP contribution in [0.1, 0.15) is 26.7 Å². The van der Waals surface area contributed by atoms with Crippen molar-refractivity contribution in [1.82, 2.24) is 0 Å².